The Balaban J connectivity index is 3.34. The Morgan fingerprint density at radius 2 is 0.939 bits per heavy atom. The first-order valence-electron chi connectivity index (χ1n) is 26.5. The summed E-state index contributed by atoms with van der Waals surface area (Å²) in [5, 5.41) is 80.3. The minimum Gasteiger partial charge on any atom is -0.508 e. The van der Waals surface area contributed by atoms with Crippen molar-refractivity contribution in [3.8, 4) is 5.75 Å². The quantitative estimate of drug-likeness (QED) is 0.0169. The summed E-state index contributed by atoms with van der Waals surface area (Å²) in [5.74, 6) is -15.1. The molecule has 0 aromatic heterocycles. The van der Waals surface area contributed by atoms with E-state index in [4.69, 9.17) is 17.2 Å². The van der Waals surface area contributed by atoms with Crippen LogP contribution >= 0.6 is 0 Å². The van der Waals surface area contributed by atoms with E-state index in [1.165, 1.54) is 45.0 Å². The fourth-order valence-electron chi connectivity index (χ4n) is 7.57. The molecule has 9 amide bonds. The molecular formula is C51H83N13O18. The van der Waals surface area contributed by atoms with E-state index in [1.54, 1.807) is 27.7 Å². The molecule has 0 aliphatic carbocycles. The van der Waals surface area contributed by atoms with E-state index in [2.05, 4.69) is 52.8 Å². The number of aliphatic imine (C=N–C) groups is 1. The van der Waals surface area contributed by atoms with Gasteiger partial charge in [-0.15, -0.1) is 0 Å². The van der Waals surface area contributed by atoms with Gasteiger partial charge in [-0.3, -0.25) is 57.7 Å². The van der Waals surface area contributed by atoms with Gasteiger partial charge in [0.2, 0.25) is 53.2 Å². The van der Waals surface area contributed by atoms with E-state index >= 15 is 0 Å². The number of aliphatic carboxylic acids is 3. The maximum atomic E-state index is 14.1. The number of phenols is 1. The van der Waals surface area contributed by atoms with Crippen LogP contribution in [0.2, 0.25) is 0 Å². The number of benzene rings is 1. The number of carbonyl (C=O) groups excluding carboxylic acids is 9. The van der Waals surface area contributed by atoms with Crippen molar-refractivity contribution in [1.82, 2.24) is 47.9 Å². The Morgan fingerprint density at radius 3 is 1.40 bits per heavy atom. The third-order valence-electron chi connectivity index (χ3n) is 12.4. The van der Waals surface area contributed by atoms with Crippen LogP contribution in [0.4, 0.5) is 0 Å². The maximum Gasteiger partial charge on any atom is 0.326 e. The monoisotopic (exact) mass is 1170 g/mol. The highest BCUT2D eigenvalue weighted by Gasteiger charge is 2.37. The molecule has 0 saturated carbocycles. The molecule has 0 spiro atoms. The van der Waals surface area contributed by atoms with Crippen molar-refractivity contribution in [2.45, 2.75) is 173 Å². The number of aliphatic hydroxyl groups excluding tert-OH is 2. The normalized spacial score (nSPS) is 15.2. The summed E-state index contributed by atoms with van der Waals surface area (Å²) in [7, 11) is 0. The molecule has 21 N–H and O–H groups in total. The SMILES string of the molecule is CC(C)C[C@H](NC(=O)[C@@H](NC(=O)[C@H](CCC(=O)O)NC(=O)[C@@H](N)C(C)C)[C@@H](C)O)C(=O)N[C@@H](CCCN=C(N)N)C(=O)N[C@@H](CO)C(=O)N[C@@H](C)C(=O)N[C@H](C(=O)N[C@@H](CCC(=O)O)C(=O)N[C@@H](Cc1ccc(O)cc1)C(=O)O)C(C)C. The highest BCUT2D eigenvalue weighted by Crippen LogP contribution is 2.14. The summed E-state index contributed by atoms with van der Waals surface area (Å²) in [4.78, 5) is 161. The highest BCUT2D eigenvalue weighted by molar-refractivity contribution is 5.99. The molecule has 1 aromatic carbocycles. The first-order valence-corrected chi connectivity index (χ1v) is 26.5. The lowest BCUT2D eigenvalue weighted by atomic mass is 10.0. The number of carbonyl (C=O) groups is 12. The van der Waals surface area contributed by atoms with E-state index in [0.29, 0.717) is 5.56 Å². The Morgan fingerprint density at radius 1 is 0.512 bits per heavy atom. The zero-order valence-corrected chi connectivity index (χ0v) is 47.2. The Bertz CT molecular complexity index is 2400. The maximum absolute atomic E-state index is 14.1. The number of phenolic OH excluding ortho intramolecular Hbond substituents is 1. The predicted octanol–water partition coefficient (Wildman–Crippen LogP) is -4.76. The molecule has 0 unspecified atom stereocenters. The van der Waals surface area contributed by atoms with E-state index in [0.717, 1.165) is 6.92 Å². The van der Waals surface area contributed by atoms with Gasteiger partial charge in [0.25, 0.3) is 0 Å². The third kappa shape index (κ3) is 26.4. The predicted molar refractivity (Wildman–Crippen MR) is 292 cm³/mol. The second-order valence-corrected chi connectivity index (χ2v) is 20.7. The highest BCUT2D eigenvalue weighted by atomic mass is 16.4. The second-order valence-electron chi connectivity index (χ2n) is 20.7. The van der Waals surface area contributed by atoms with Crippen LogP contribution in [0.1, 0.15) is 106 Å². The molecule has 0 heterocycles. The Labute approximate surface area is 473 Å². The zero-order valence-electron chi connectivity index (χ0n) is 47.2. The Kier molecular flexibility index (Phi) is 31.1. The van der Waals surface area contributed by atoms with Gasteiger partial charge in [-0.1, -0.05) is 53.7 Å². The van der Waals surface area contributed by atoms with Gasteiger partial charge in [-0.25, -0.2) is 4.79 Å². The first kappa shape index (κ1) is 71.8. The lowest BCUT2D eigenvalue weighted by Crippen LogP contribution is -2.62. The van der Waals surface area contributed by atoms with E-state index in [9.17, 15) is 88.2 Å². The van der Waals surface area contributed by atoms with Crippen LogP contribution in [0.25, 0.3) is 0 Å². The van der Waals surface area contributed by atoms with Gasteiger partial charge in [0.15, 0.2) is 5.96 Å². The van der Waals surface area contributed by atoms with Gasteiger partial charge < -0.3 is 95.7 Å². The van der Waals surface area contributed by atoms with Crippen LogP contribution in [-0.4, -0.2) is 187 Å². The van der Waals surface area contributed by atoms with Crippen LogP contribution in [0.15, 0.2) is 29.3 Å². The molecule has 1 rings (SSSR count). The lowest BCUT2D eigenvalue weighted by Gasteiger charge is -2.29. The standard InChI is InChI=1S/C51H83N13O18/c1-23(2)20-33(60-49(80)40(27(8)66)64-44(75)32(16-18-37(70)71)58-47(78)38(52)24(3)4)45(76)57-30(10-9-19-55-51(53)54)42(73)62-35(22-65)46(77)56-26(7)41(72)63-39(25(5)6)48(79)59-31(15-17-36(68)69)43(74)61-34(50(81)82)21-28-11-13-29(67)14-12-28/h11-14,23-27,30-35,38-40,65-67H,9-10,15-22,52H2,1-8H3,(H,56,77)(H,57,76)(H,58,78)(H,59,79)(H,60,80)(H,61,74)(H,62,73)(H,63,72)(H,64,75)(H,68,69)(H,70,71)(H,81,82)(H4,53,54,55)/t26-,27+,30-,31-,32-,33-,34-,35-,38-,39-,40-/m0/s1. The van der Waals surface area contributed by atoms with E-state index < -0.39 is 176 Å². The second kappa shape index (κ2) is 35.5. The third-order valence-corrected chi connectivity index (χ3v) is 12.4. The number of aliphatic hydroxyl groups is 2. The molecule has 31 nitrogen and oxygen atoms in total. The summed E-state index contributed by atoms with van der Waals surface area (Å²) in [6.45, 7) is 10.9. The topological polar surface area (TPSA) is 525 Å². The fraction of sp³-hybridized carbons (Fsp3) is 0.627. The summed E-state index contributed by atoms with van der Waals surface area (Å²) in [6, 6.07) is -9.89. The molecule has 460 valence electrons. The van der Waals surface area contributed by atoms with Crippen LogP contribution in [0.3, 0.4) is 0 Å². The van der Waals surface area contributed by atoms with E-state index in [1.807, 2.05) is 0 Å². The molecule has 82 heavy (non-hydrogen) atoms. The number of carboxylic acids is 3. The van der Waals surface area contributed by atoms with Gasteiger partial charge >= 0.3 is 17.9 Å². The average molecular weight is 1170 g/mol. The zero-order chi connectivity index (χ0) is 62.7. The number of nitrogens with two attached hydrogens (primary N) is 3. The molecule has 0 aliphatic rings. The smallest absolute Gasteiger partial charge is 0.326 e. The van der Waals surface area contributed by atoms with Crippen LogP contribution < -0.4 is 65.1 Å². The first-order chi connectivity index (χ1) is 38.2. The van der Waals surface area contributed by atoms with Gasteiger partial charge in [-0.05, 0) is 81.4 Å². The molecule has 31 heteroatoms. The van der Waals surface area contributed by atoms with Crippen molar-refractivity contribution in [2.24, 2.45) is 39.9 Å². The minimum atomic E-state index is -1.80. The molecule has 0 fully saturated rings. The minimum absolute atomic E-state index is 0.0297. The van der Waals surface area contributed by atoms with Crippen LogP contribution in [-0.2, 0) is 64.0 Å². The molecule has 0 saturated heterocycles. The van der Waals surface area contributed by atoms with E-state index in [-0.39, 0.29) is 55.8 Å². The molecule has 11 atom stereocenters. The largest absolute Gasteiger partial charge is 0.508 e. The van der Waals surface area contributed by atoms with Crippen molar-refractivity contribution in [2.75, 3.05) is 13.2 Å². The number of rotatable bonds is 37. The Hall–Kier alpha value is -8.19. The number of nitrogens with zero attached hydrogens (tertiary/aromatic N) is 1. The van der Waals surface area contributed by atoms with Gasteiger partial charge in [0.05, 0.1) is 18.8 Å². The number of hydrogen-bond acceptors (Lipinski definition) is 17. The number of aromatic hydroxyl groups is 1. The average Bonchev–Trinajstić information content (AvgIpc) is 3.41. The summed E-state index contributed by atoms with van der Waals surface area (Å²) in [5.41, 5.74) is 17.2. The number of nitrogens with one attached hydrogen (secondary N) is 9. The van der Waals surface area contributed by atoms with Crippen molar-refractivity contribution < 1.29 is 88.2 Å². The van der Waals surface area contributed by atoms with Gasteiger partial charge in [-0.2, -0.15) is 0 Å². The fourth-order valence-corrected chi connectivity index (χ4v) is 7.57. The lowest BCUT2D eigenvalue weighted by molar-refractivity contribution is -0.143. The summed E-state index contributed by atoms with van der Waals surface area (Å²) < 4.78 is 0. The van der Waals surface area contributed by atoms with Crippen molar-refractivity contribution in [3.05, 3.63) is 29.8 Å². The van der Waals surface area contributed by atoms with Crippen LogP contribution in [0.5, 0.6) is 5.75 Å². The van der Waals surface area contributed by atoms with Gasteiger partial charge in [0, 0.05) is 25.8 Å². The van der Waals surface area contributed by atoms with Crippen molar-refractivity contribution in [3.63, 3.8) is 0 Å². The van der Waals surface area contributed by atoms with Gasteiger partial charge in [0.1, 0.15) is 60.1 Å². The van der Waals surface area contributed by atoms with Crippen molar-refractivity contribution in [1.29, 1.82) is 0 Å². The molecular weight excluding hydrogens is 1080 g/mol. The van der Waals surface area contributed by atoms with Crippen molar-refractivity contribution >= 4 is 77.0 Å². The summed E-state index contributed by atoms with van der Waals surface area (Å²) >= 11 is 0. The number of carboxylic acid groups (broad SMARTS) is 3. The number of amides is 9. The summed E-state index contributed by atoms with van der Waals surface area (Å²) in [6.07, 6.45) is -4.34. The molecule has 1 aromatic rings. The molecule has 0 bridgehead atoms. The van der Waals surface area contributed by atoms with Crippen LogP contribution in [0, 0.1) is 17.8 Å². The number of hydrogen-bond donors (Lipinski definition) is 18. The number of guanidine groups is 1. The molecule has 0 radical (unpaired) electrons. The molecule has 0 aliphatic heterocycles.